The number of carbonyl (C=O) groups is 1. The highest BCUT2D eigenvalue weighted by molar-refractivity contribution is 5.76. The van der Waals surface area contributed by atoms with Gasteiger partial charge < -0.3 is 5.73 Å². The molecule has 0 aliphatic rings. The zero-order valence-electron chi connectivity index (χ0n) is 7.37. The molecule has 1 aromatic heterocycles. The molecule has 13 heavy (non-hydrogen) atoms. The van der Waals surface area contributed by atoms with E-state index >= 15 is 0 Å². The monoisotopic (exact) mass is 174 g/mol. The summed E-state index contributed by atoms with van der Waals surface area (Å²) in [4.78, 5) is 14.4. The molecule has 66 valence electrons. The van der Waals surface area contributed by atoms with Gasteiger partial charge in [0.1, 0.15) is 5.69 Å². The normalized spacial score (nSPS) is 8.69. The zero-order valence-corrected chi connectivity index (χ0v) is 7.37. The van der Waals surface area contributed by atoms with Crippen LogP contribution < -0.4 is 5.73 Å². The van der Waals surface area contributed by atoms with E-state index in [4.69, 9.17) is 5.73 Å². The molecule has 0 aromatic carbocycles. The largest absolute Gasteiger partial charge is 0.369 e. The fraction of sp³-hybridized carbons (Fsp3) is 0.200. The van der Waals surface area contributed by atoms with Crippen LogP contribution in [0, 0.1) is 18.8 Å². The van der Waals surface area contributed by atoms with Gasteiger partial charge in [-0.15, -0.1) is 0 Å². The highest BCUT2D eigenvalue weighted by Crippen LogP contribution is 2.00. The quantitative estimate of drug-likeness (QED) is 0.634. The molecule has 1 aromatic rings. The third-order valence-electron chi connectivity index (χ3n) is 1.48. The minimum atomic E-state index is -0.416. The number of aromatic nitrogens is 1. The number of hydrogen-bond acceptors (Lipinski definition) is 2. The first-order valence-electron chi connectivity index (χ1n) is 3.89. The molecule has 0 radical (unpaired) electrons. The SMILES string of the molecule is Cc1cccnc1C#CCC(N)=O. The van der Waals surface area contributed by atoms with E-state index in [1.165, 1.54) is 0 Å². The van der Waals surface area contributed by atoms with Crippen molar-refractivity contribution < 1.29 is 4.79 Å². The third-order valence-corrected chi connectivity index (χ3v) is 1.48. The van der Waals surface area contributed by atoms with Crippen molar-refractivity contribution in [1.29, 1.82) is 0 Å². The van der Waals surface area contributed by atoms with Crippen molar-refractivity contribution in [2.24, 2.45) is 5.73 Å². The Labute approximate surface area is 77.0 Å². The lowest BCUT2D eigenvalue weighted by Gasteiger charge is -1.93. The smallest absolute Gasteiger partial charge is 0.229 e. The van der Waals surface area contributed by atoms with Crippen molar-refractivity contribution in [3.63, 3.8) is 0 Å². The number of pyridine rings is 1. The highest BCUT2D eigenvalue weighted by atomic mass is 16.1. The van der Waals surface area contributed by atoms with Gasteiger partial charge in [0.05, 0.1) is 6.42 Å². The van der Waals surface area contributed by atoms with Gasteiger partial charge in [0.15, 0.2) is 0 Å². The third kappa shape index (κ3) is 2.96. The van der Waals surface area contributed by atoms with E-state index in [2.05, 4.69) is 16.8 Å². The molecule has 0 atom stereocenters. The van der Waals surface area contributed by atoms with Gasteiger partial charge in [0.2, 0.25) is 5.91 Å². The van der Waals surface area contributed by atoms with Gasteiger partial charge in [-0.05, 0) is 24.5 Å². The predicted molar refractivity (Wildman–Crippen MR) is 49.7 cm³/mol. The van der Waals surface area contributed by atoms with Gasteiger partial charge in [0.25, 0.3) is 0 Å². The molecule has 3 nitrogen and oxygen atoms in total. The fourth-order valence-electron chi connectivity index (χ4n) is 0.832. The van der Waals surface area contributed by atoms with Crippen LogP contribution in [0.4, 0.5) is 0 Å². The first-order valence-corrected chi connectivity index (χ1v) is 3.89. The second-order valence-corrected chi connectivity index (χ2v) is 2.61. The summed E-state index contributed by atoms with van der Waals surface area (Å²) >= 11 is 0. The minimum absolute atomic E-state index is 0.0794. The molecular weight excluding hydrogens is 164 g/mol. The summed E-state index contributed by atoms with van der Waals surface area (Å²) in [5.41, 5.74) is 6.63. The Kier molecular flexibility index (Phi) is 3.04. The van der Waals surface area contributed by atoms with E-state index in [0.717, 1.165) is 5.56 Å². The lowest BCUT2D eigenvalue weighted by Crippen LogP contribution is -2.08. The fourth-order valence-corrected chi connectivity index (χ4v) is 0.832. The molecule has 0 spiro atoms. The summed E-state index contributed by atoms with van der Waals surface area (Å²) in [7, 11) is 0. The summed E-state index contributed by atoms with van der Waals surface area (Å²) in [5, 5.41) is 0. The second kappa shape index (κ2) is 4.27. The summed E-state index contributed by atoms with van der Waals surface area (Å²) in [6.07, 6.45) is 1.75. The lowest BCUT2D eigenvalue weighted by molar-refractivity contribution is -0.117. The molecule has 0 saturated carbocycles. The maximum absolute atomic E-state index is 10.4. The summed E-state index contributed by atoms with van der Waals surface area (Å²) in [5.74, 6) is 5.02. The molecule has 0 bridgehead atoms. The molecule has 0 aliphatic carbocycles. The van der Waals surface area contributed by atoms with Crippen LogP contribution in [-0.4, -0.2) is 10.9 Å². The van der Waals surface area contributed by atoms with Crippen molar-refractivity contribution in [2.45, 2.75) is 13.3 Å². The number of aryl methyl sites for hydroxylation is 1. The van der Waals surface area contributed by atoms with Crippen molar-refractivity contribution in [2.75, 3.05) is 0 Å². The molecule has 1 rings (SSSR count). The van der Waals surface area contributed by atoms with Gasteiger partial charge in [-0.1, -0.05) is 12.0 Å². The van der Waals surface area contributed by atoms with Crippen LogP contribution in [-0.2, 0) is 4.79 Å². The van der Waals surface area contributed by atoms with Crippen LogP contribution in [0.1, 0.15) is 17.7 Å². The maximum Gasteiger partial charge on any atom is 0.229 e. The van der Waals surface area contributed by atoms with Crippen LogP contribution in [0.2, 0.25) is 0 Å². The van der Waals surface area contributed by atoms with E-state index < -0.39 is 5.91 Å². The number of carbonyl (C=O) groups excluding carboxylic acids is 1. The summed E-state index contributed by atoms with van der Waals surface area (Å²) < 4.78 is 0. The van der Waals surface area contributed by atoms with Crippen LogP contribution in [0.15, 0.2) is 18.3 Å². The number of amides is 1. The second-order valence-electron chi connectivity index (χ2n) is 2.61. The molecule has 3 heteroatoms. The number of nitrogens with two attached hydrogens (primary N) is 1. The Balaban J connectivity index is 2.77. The molecule has 0 fully saturated rings. The van der Waals surface area contributed by atoms with Crippen LogP contribution in [0.25, 0.3) is 0 Å². The standard InChI is InChI=1S/C10H10N2O/c1-8-4-3-7-12-9(8)5-2-6-10(11)13/h3-4,7H,6H2,1H3,(H2,11,13). The molecule has 0 aliphatic heterocycles. The topological polar surface area (TPSA) is 56.0 Å². The molecule has 2 N–H and O–H groups in total. The van der Waals surface area contributed by atoms with Gasteiger partial charge in [0, 0.05) is 6.20 Å². The zero-order chi connectivity index (χ0) is 9.68. The van der Waals surface area contributed by atoms with E-state index in [9.17, 15) is 4.79 Å². The average molecular weight is 174 g/mol. The molecule has 0 unspecified atom stereocenters. The van der Waals surface area contributed by atoms with Gasteiger partial charge in [-0.25, -0.2) is 4.98 Å². The molecule has 1 heterocycles. The summed E-state index contributed by atoms with van der Waals surface area (Å²) in [6, 6.07) is 3.76. The Morgan fingerprint density at radius 2 is 2.46 bits per heavy atom. The van der Waals surface area contributed by atoms with E-state index in [0.29, 0.717) is 5.69 Å². The van der Waals surface area contributed by atoms with E-state index in [1.54, 1.807) is 6.20 Å². The average Bonchev–Trinajstić information content (AvgIpc) is 2.08. The van der Waals surface area contributed by atoms with Crippen LogP contribution in [0.3, 0.4) is 0 Å². The predicted octanol–water partition coefficient (Wildman–Crippen LogP) is 0.617. The Bertz CT molecular complexity index is 374. The Morgan fingerprint density at radius 3 is 3.08 bits per heavy atom. The highest BCUT2D eigenvalue weighted by Gasteiger charge is 1.92. The first kappa shape index (κ1) is 9.27. The number of hydrogen-bond donors (Lipinski definition) is 1. The Morgan fingerprint density at radius 1 is 1.69 bits per heavy atom. The van der Waals surface area contributed by atoms with Gasteiger partial charge >= 0.3 is 0 Å². The molecular formula is C10H10N2O. The lowest BCUT2D eigenvalue weighted by atomic mass is 10.2. The van der Waals surface area contributed by atoms with Gasteiger partial charge in [-0.3, -0.25) is 4.79 Å². The first-order chi connectivity index (χ1) is 6.20. The maximum atomic E-state index is 10.4. The van der Waals surface area contributed by atoms with Crippen LogP contribution in [0.5, 0.6) is 0 Å². The van der Waals surface area contributed by atoms with Crippen molar-refractivity contribution >= 4 is 5.91 Å². The van der Waals surface area contributed by atoms with Crippen molar-refractivity contribution in [3.8, 4) is 11.8 Å². The minimum Gasteiger partial charge on any atom is -0.369 e. The van der Waals surface area contributed by atoms with Crippen molar-refractivity contribution in [3.05, 3.63) is 29.6 Å². The Hall–Kier alpha value is -1.82. The number of primary amides is 1. The molecule has 0 saturated heterocycles. The van der Waals surface area contributed by atoms with Gasteiger partial charge in [-0.2, -0.15) is 0 Å². The van der Waals surface area contributed by atoms with Crippen molar-refractivity contribution in [1.82, 2.24) is 4.98 Å². The summed E-state index contributed by atoms with van der Waals surface area (Å²) in [6.45, 7) is 1.92. The van der Waals surface area contributed by atoms with Crippen LogP contribution >= 0.6 is 0 Å². The number of nitrogens with zero attached hydrogens (tertiary/aromatic N) is 1. The van der Waals surface area contributed by atoms with E-state index in [-0.39, 0.29) is 6.42 Å². The van der Waals surface area contributed by atoms with E-state index in [1.807, 2.05) is 19.1 Å². The number of rotatable bonds is 1. The molecule has 1 amide bonds.